The summed E-state index contributed by atoms with van der Waals surface area (Å²) in [5, 5.41) is 5.13. The molecule has 0 aliphatic carbocycles. The number of likely N-dealkylation sites (tertiary alicyclic amines) is 1. The van der Waals surface area contributed by atoms with Gasteiger partial charge in [0.2, 0.25) is 0 Å². The van der Waals surface area contributed by atoms with Crippen molar-refractivity contribution in [2.75, 3.05) is 26.2 Å². The predicted molar refractivity (Wildman–Crippen MR) is 107 cm³/mol. The summed E-state index contributed by atoms with van der Waals surface area (Å²) < 4.78 is 26.7. The van der Waals surface area contributed by atoms with Crippen molar-refractivity contribution in [1.82, 2.24) is 15.1 Å². The fraction of sp³-hybridized carbons (Fsp3) is 0.476. The lowest BCUT2D eigenvalue weighted by Crippen LogP contribution is -2.49. The molecule has 2 aliphatic heterocycles. The quantitative estimate of drug-likeness (QED) is 0.824. The highest BCUT2D eigenvalue weighted by atomic mass is 32.1. The molecular weight excluding hydrogens is 380 g/mol. The van der Waals surface area contributed by atoms with E-state index in [0.29, 0.717) is 6.54 Å². The molecule has 7 heteroatoms. The zero-order chi connectivity index (χ0) is 19.6. The summed E-state index contributed by atoms with van der Waals surface area (Å²) in [5.41, 5.74) is 2.52. The predicted octanol–water partition coefficient (Wildman–Crippen LogP) is 4.29. The fourth-order valence-corrected chi connectivity index (χ4v) is 4.89. The maximum absolute atomic E-state index is 13.3. The summed E-state index contributed by atoms with van der Waals surface area (Å²) in [6.45, 7) is 2.49. The van der Waals surface area contributed by atoms with Crippen molar-refractivity contribution in [3.63, 3.8) is 0 Å². The van der Waals surface area contributed by atoms with Gasteiger partial charge >= 0.3 is 6.03 Å². The number of piperidine rings is 1. The zero-order valence-corrected chi connectivity index (χ0v) is 16.6. The van der Waals surface area contributed by atoms with Crippen molar-refractivity contribution >= 4 is 17.4 Å². The molecule has 0 bridgehead atoms. The average molecular weight is 406 g/mol. The molecule has 1 atom stereocenters. The number of hydrogen-bond acceptors (Lipinski definition) is 3. The van der Waals surface area contributed by atoms with Crippen LogP contribution in [0.5, 0.6) is 0 Å². The average Bonchev–Trinajstić information content (AvgIpc) is 3.17. The number of benzene rings is 1. The van der Waals surface area contributed by atoms with Crippen LogP contribution in [0.1, 0.15) is 34.9 Å². The van der Waals surface area contributed by atoms with Gasteiger partial charge in [0.25, 0.3) is 5.92 Å². The molecule has 1 aromatic carbocycles. The zero-order valence-electron chi connectivity index (χ0n) is 15.7. The summed E-state index contributed by atoms with van der Waals surface area (Å²) in [4.78, 5) is 17.9. The highest BCUT2D eigenvalue weighted by Gasteiger charge is 2.36. The van der Waals surface area contributed by atoms with Crippen LogP contribution in [0.25, 0.3) is 0 Å². The van der Waals surface area contributed by atoms with Crippen molar-refractivity contribution in [2.45, 2.75) is 37.8 Å². The standard InChI is InChI=1S/C21H25F2N3OS/c22-21(23)8-11-25(12-9-21)20(27)24-14-18(16-4-2-1-3-5-16)26-10-6-19-17(15-26)7-13-28-19/h1-5,7,13,18H,6,8-12,14-15H2,(H,24,27). The highest BCUT2D eigenvalue weighted by molar-refractivity contribution is 7.10. The van der Waals surface area contributed by atoms with Crippen LogP contribution in [0.15, 0.2) is 41.8 Å². The number of halogens is 2. The van der Waals surface area contributed by atoms with Gasteiger partial charge in [0.1, 0.15) is 0 Å². The van der Waals surface area contributed by atoms with E-state index >= 15 is 0 Å². The van der Waals surface area contributed by atoms with Crippen molar-refractivity contribution in [3.05, 3.63) is 57.8 Å². The number of rotatable bonds is 4. The normalized spacial score (nSPS) is 20.4. The summed E-state index contributed by atoms with van der Waals surface area (Å²) in [6, 6.07) is 12.2. The Morgan fingerprint density at radius 3 is 2.64 bits per heavy atom. The lowest BCUT2D eigenvalue weighted by molar-refractivity contribution is -0.0470. The van der Waals surface area contributed by atoms with Crippen molar-refractivity contribution in [2.24, 2.45) is 0 Å². The number of amides is 2. The van der Waals surface area contributed by atoms with Crippen molar-refractivity contribution in [1.29, 1.82) is 0 Å². The van der Waals surface area contributed by atoms with E-state index in [9.17, 15) is 13.6 Å². The molecule has 0 spiro atoms. The lowest BCUT2D eigenvalue weighted by Gasteiger charge is -2.36. The smallest absolute Gasteiger partial charge is 0.317 e. The monoisotopic (exact) mass is 405 g/mol. The maximum Gasteiger partial charge on any atom is 0.317 e. The molecule has 1 N–H and O–H groups in total. The molecule has 150 valence electrons. The van der Waals surface area contributed by atoms with Crippen LogP contribution in [0.4, 0.5) is 13.6 Å². The van der Waals surface area contributed by atoms with Crippen LogP contribution in [0.3, 0.4) is 0 Å². The molecular formula is C21H25F2N3OS. The van der Waals surface area contributed by atoms with Crippen LogP contribution in [-0.4, -0.2) is 47.9 Å². The van der Waals surface area contributed by atoms with Gasteiger partial charge in [0.05, 0.1) is 6.04 Å². The number of hydrogen-bond donors (Lipinski definition) is 1. The van der Waals surface area contributed by atoms with E-state index in [2.05, 4.69) is 33.8 Å². The lowest BCUT2D eigenvalue weighted by atomic mass is 10.0. The topological polar surface area (TPSA) is 35.6 Å². The second-order valence-electron chi connectivity index (χ2n) is 7.55. The third-order valence-electron chi connectivity index (χ3n) is 5.69. The second kappa shape index (κ2) is 8.17. The number of thiophene rings is 1. The Hall–Kier alpha value is -1.99. The first-order valence-electron chi connectivity index (χ1n) is 9.77. The number of alkyl halides is 2. The van der Waals surface area contributed by atoms with Gasteiger partial charge in [-0.1, -0.05) is 30.3 Å². The molecule has 4 rings (SSSR count). The van der Waals surface area contributed by atoms with E-state index in [1.54, 1.807) is 0 Å². The first kappa shape index (κ1) is 19.3. The molecule has 3 heterocycles. The molecule has 2 amide bonds. The van der Waals surface area contributed by atoms with Crippen LogP contribution in [0, 0.1) is 0 Å². The van der Waals surface area contributed by atoms with E-state index in [1.165, 1.54) is 15.3 Å². The third-order valence-corrected chi connectivity index (χ3v) is 6.71. The molecule has 0 saturated carbocycles. The number of fused-ring (bicyclic) bond motifs is 1. The number of nitrogens with zero attached hydrogens (tertiary/aromatic N) is 2. The number of nitrogens with one attached hydrogen (secondary N) is 1. The Bertz CT molecular complexity index is 801. The Morgan fingerprint density at radius 1 is 1.14 bits per heavy atom. The third kappa shape index (κ3) is 4.36. The summed E-state index contributed by atoms with van der Waals surface area (Å²) in [6.07, 6.45) is 0.511. The van der Waals surface area contributed by atoms with E-state index < -0.39 is 5.92 Å². The summed E-state index contributed by atoms with van der Waals surface area (Å²) in [7, 11) is 0. The van der Waals surface area contributed by atoms with Gasteiger partial charge in [-0.3, -0.25) is 4.90 Å². The second-order valence-corrected chi connectivity index (χ2v) is 8.55. The molecule has 2 aromatic rings. The van der Waals surface area contributed by atoms with Gasteiger partial charge < -0.3 is 10.2 Å². The molecule has 2 aliphatic rings. The molecule has 1 fully saturated rings. The van der Waals surface area contributed by atoms with Crippen LogP contribution < -0.4 is 5.32 Å². The Morgan fingerprint density at radius 2 is 1.89 bits per heavy atom. The molecule has 1 aromatic heterocycles. The SMILES string of the molecule is O=C(NCC(c1ccccc1)N1CCc2sccc2C1)N1CCC(F)(F)CC1. The van der Waals surface area contributed by atoms with Crippen LogP contribution >= 0.6 is 11.3 Å². The van der Waals surface area contributed by atoms with Gasteiger partial charge in [-0.2, -0.15) is 0 Å². The van der Waals surface area contributed by atoms with Crippen LogP contribution in [0.2, 0.25) is 0 Å². The van der Waals surface area contributed by atoms with E-state index in [0.717, 1.165) is 25.1 Å². The largest absolute Gasteiger partial charge is 0.336 e. The summed E-state index contributed by atoms with van der Waals surface area (Å²) >= 11 is 1.81. The van der Waals surface area contributed by atoms with E-state index in [4.69, 9.17) is 0 Å². The first-order chi connectivity index (χ1) is 13.5. The Labute approximate surface area is 168 Å². The van der Waals surface area contributed by atoms with E-state index in [1.807, 2.05) is 29.5 Å². The molecule has 0 radical (unpaired) electrons. The minimum atomic E-state index is -2.64. The number of carbonyl (C=O) groups excluding carboxylic acids is 1. The molecule has 1 saturated heterocycles. The van der Waals surface area contributed by atoms with Gasteiger partial charge in [0.15, 0.2) is 0 Å². The summed E-state index contributed by atoms with van der Waals surface area (Å²) in [5.74, 6) is -2.64. The number of carbonyl (C=O) groups is 1. The van der Waals surface area contributed by atoms with Crippen molar-refractivity contribution < 1.29 is 13.6 Å². The Balaban J connectivity index is 1.43. The number of urea groups is 1. The van der Waals surface area contributed by atoms with Gasteiger partial charge in [-0.25, -0.2) is 13.6 Å². The minimum Gasteiger partial charge on any atom is -0.336 e. The highest BCUT2D eigenvalue weighted by Crippen LogP contribution is 2.31. The van der Waals surface area contributed by atoms with E-state index in [-0.39, 0.29) is 38.0 Å². The van der Waals surface area contributed by atoms with Gasteiger partial charge in [-0.15, -0.1) is 11.3 Å². The molecule has 4 nitrogen and oxygen atoms in total. The van der Waals surface area contributed by atoms with Crippen molar-refractivity contribution in [3.8, 4) is 0 Å². The van der Waals surface area contributed by atoms with Gasteiger partial charge in [-0.05, 0) is 29.0 Å². The molecule has 1 unspecified atom stereocenters. The molecule has 28 heavy (non-hydrogen) atoms. The first-order valence-corrected chi connectivity index (χ1v) is 10.6. The maximum atomic E-state index is 13.3. The minimum absolute atomic E-state index is 0.0597. The van der Waals surface area contributed by atoms with Gasteiger partial charge in [0, 0.05) is 50.4 Å². The van der Waals surface area contributed by atoms with Crippen LogP contribution in [-0.2, 0) is 13.0 Å². The fourth-order valence-electron chi connectivity index (χ4n) is 4.00. The Kier molecular flexibility index (Phi) is 5.64.